The first-order chi connectivity index (χ1) is 11.3. The van der Waals surface area contributed by atoms with Crippen LogP contribution in [0, 0.1) is 6.92 Å². The Morgan fingerprint density at radius 2 is 1.87 bits per heavy atom. The third-order valence-corrected chi connectivity index (χ3v) is 4.48. The topological polar surface area (TPSA) is 32.6 Å². The van der Waals surface area contributed by atoms with Gasteiger partial charge in [0.05, 0.1) is 5.69 Å². The van der Waals surface area contributed by atoms with Gasteiger partial charge in [0.25, 0.3) is 0 Å². The normalized spacial score (nSPS) is 15.3. The first-order valence-corrected chi connectivity index (χ1v) is 8.27. The molecule has 23 heavy (non-hydrogen) atoms. The van der Waals surface area contributed by atoms with Crippen LogP contribution < -0.4 is 10.2 Å². The predicted molar refractivity (Wildman–Crippen MR) is 94.3 cm³/mol. The average molecular weight is 306 g/mol. The zero-order chi connectivity index (χ0) is 15.6. The molecule has 4 rings (SSSR count). The quantitative estimate of drug-likeness (QED) is 0.807. The van der Waals surface area contributed by atoms with Gasteiger partial charge in [0.15, 0.2) is 0 Å². The Morgan fingerprint density at radius 3 is 2.65 bits per heavy atom. The summed E-state index contributed by atoms with van der Waals surface area (Å²) in [6, 6.07) is 13.1. The third kappa shape index (κ3) is 3.08. The molecule has 1 saturated heterocycles. The standard InChI is InChI=1S/C19H22N4/c1-15-2-4-16(5-3-15)12-17-14-23-9-6-18(13-19(23)21-17)22-10-7-20-8-11-22/h2-6,9,13-14,20H,7-8,10-12H2,1H3. The summed E-state index contributed by atoms with van der Waals surface area (Å²) in [5.74, 6) is 0. The number of aryl methyl sites for hydroxylation is 1. The second-order valence-corrected chi connectivity index (χ2v) is 6.28. The van der Waals surface area contributed by atoms with Crippen LogP contribution in [-0.2, 0) is 6.42 Å². The fourth-order valence-corrected chi connectivity index (χ4v) is 3.14. The van der Waals surface area contributed by atoms with Crippen molar-refractivity contribution in [2.24, 2.45) is 0 Å². The van der Waals surface area contributed by atoms with Gasteiger partial charge in [0, 0.05) is 56.7 Å². The summed E-state index contributed by atoms with van der Waals surface area (Å²) in [5.41, 5.74) is 6.02. The molecule has 1 aromatic carbocycles. The van der Waals surface area contributed by atoms with Gasteiger partial charge in [-0.15, -0.1) is 0 Å². The Balaban J connectivity index is 1.58. The molecule has 3 aromatic rings. The first-order valence-electron chi connectivity index (χ1n) is 8.27. The number of piperazine rings is 1. The van der Waals surface area contributed by atoms with Gasteiger partial charge >= 0.3 is 0 Å². The van der Waals surface area contributed by atoms with Crippen molar-refractivity contribution in [2.75, 3.05) is 31.1 Å². The molecule has 1 aliphatic heterocycles. The zero-order valence-electron chi connectivity index (χ0n) is 13.5. The lowest BCUT2D eigenvalue weighted by atomic mass is 10.1. The fourth-order valence-electron chi connectivity index (χ4n) is 3.14. The van der Waals surface area contributed by atoms with Crippen molar-refractivity contribution in [3.05, 3.63) is 65.6 Å². The molecule has 1 fully saturated rings. The second kappa shape index (κ2) is 6.05. The van der Waals surface area contributed by atoms with Crippen molar-refractivity contribution >= 4 is 11.3 Å². The van der Waals surface area contributed by atoms with Crippen LogP contribution in [-0.4, -0.2) is 35.6 Å². The van der Waals surface area contributed by atoms with Crippen LogP contribution in [0.1, 0.15) is 16.8 Å². The number of fused-ring (bicyclic) bond motifs is 1. The molecule has 0 saturated carbocycles. The molecule has 0 aliphatic carbocycles. The number of benzene rings is 1. The summed E-state index contributed by atoms with van der Waals surface area (Å²) in [5, 5.41) is 3.39. The molecule has 1 aliphatic rings. The van der Waals surface area contributed by atoms with Gasteiger partial charge in [-0.3, -0.25) is 0 Å². The number of nitrogens with one attached hydrogen (secondary N) is 1. The molecule has 118 valence electrons. The van der Waals surface area contributed by atoms with Crippen molar-refractivity contribution in [1.29, 1.82) is 0 Å². The molecule has 0 bridgehead atoms. The molecule has 0 spiro atoms. The van der Waals surface area contributed by atoms with Crippen molar-refractivity contribution in [2.45, 2.75) is 13.3 Å². The Kier molecular flexibility index (Phi) is 3.75. The van der Waals surface area contributed by atoms with E-state index in [4.69, 9.17) is 4.98 Å². The van der Waals surface area contributed by atoms with Crippen LogP contribution in [0.25, 0.3) is 5.65 Å². The molecular weight excluding hydrogens is 284 g/mol. The van der Waals surface area contributed by atoms with Crippen molar-refractivity contribution in [3.8, 4) is 0 Å². The van der Waals surface area contributed by atoms with Crippen LogP contribution in [0.3, 0.4) is 0 Å². The number of imidazole rings is 1. The second-order valence-electron chi connectivity index (χ2n) is 6.28. The predicted octanol–water partition coefficient (Wildman–Crippen LogP) is 2.64. The van der Waals surface area contributed by atoms with Crippen molar-refractivity contribution < 1.29 is 0 Å². The fraction of sp³-hybridized carbons (Fsp3) is 0.316. The van der Waals surface area contributed by atoms with Crippen molar-refractivity contribution in [3.63, 3.8) is 0 Å². The molecule has 0 amide bonds. The minimum atomic E-state index is 0.880. The number of hydrogen-bond donors (Lipinski definition) is 1. The van der Waals surface area contributed by atoms with E-state index in [0.717, 1.165) is 43.9 Å². The largest absolute Gasteiger partial charge is 0.369 e. The third-order valence-electron chi connectivity index (χ3n) is 4.48. The van der Waals surface area contributed by atoms with Crippen LogP contribution in [0.4, 0.5) is 5.69 Å². The zero-order valence-corrected chi connectivity index (χ0v) is 13.5. The van der Waals surface area contributed by atoms with Gasteiger partial charge in [-0.1, -0.05) is 29.8 Å². The van der Waals surface area contributed by atoms with Crippen LogP contribution in [0.5, 0.6) is 0 Å². The Bertz CT molecular complexity index is 798. The molecule has 0 radical (unpaired) electrons. The van der Waals surface area contributed by atoms with Gasteiger partial charge in [0.1, 0.15) is 5.65 Å². The summed E-state index contributed by atoms with van der Waals surface area (Å²) < 4.78 is 2.12. The Hall–Kier alpha value is -2.33. The summed E-state index contributed by atoms with van der Waals surface area (Å²) in [6.07, 6.45) is 5.14. The lowest BCUT2D eigenvalue weighted by Gasteiger charge is -2.29. The minimum absolute atomic E-state index is 0.880. The lowest BCUT2D eigenvalue weighted by molar-refractivity contribution is 0.589. The molecular formula is C19H22N4. The highest BCUT2D eigenvalue weighted by molar-refractivity contribution is 5.57. The minimum Gasteiger partial charge on any atom is -0.369 e. The highest BCUT2D eigenvalue weighted by Gasteiger charge is 2.11. The lowest BCUT2D eigenvalue weighted by Crippen LogP contribution is -2.43. The highest BCUT2D eigenvalue weighted by Crippen LogP contribution is 2.19. The van der Waals surface area contributed by atoms with Gasteiger partial charge in [0.2, 0.25) is 0 Å². The van der Waals surface area contributed by atoms with E-state index in [2.05, 4.69) is 70.3 Å². The Morgan fingerprint density at radius 1 is 1.09 bits per heavy atom. The van der Waals surface area contributed by atoms with E-state index in [1.807, 2.05) is 0 Å². The van der Waals surface area contributed by atoms with Crippen LogP contribution in [0.2, 0.25) is 0 Å². The number of pyridine rings is 1. The molecule has 3 heterocycles. The van der Waals surface area contributed by atoms with Gasteiger partial charge < -0.3 is 14.6 Å². The maximum atomic E-state index is 4.81. The maximum absolute atomic E-state index is 4.81. The number of rotatable bonds is 3. The number of nitrogens with zero attached hydrogens (tertiary/aromatic N) is 3. The SMILES string of the molecule is Cc1ccc(Cc2cn3ccc(N4CCNCC4)cc3n2)cc1. The number of anilines is 1. The van der Waals surface area contributed by atoms with E-state index in [-0.39, 0.29) is 0 Å². The van der Waals surface area contributed by atoms with Gasteiger partial charge in [-0.25, -0.2) is 4.98 Å². The van der Waals surface area contributed by atoms with Gasteiger partial charge in [-0.05, 0) is 18.6 Å². The molecule has 1 N–H and O–H groups in total. The van der Waals surface area contributed by atoms with E-state index in [1.54, 1.807) is 0 Å². The van der Waals surface area contributed by atoms with E-state index in [1.165, 1.54) is 16.8 Å². The molecule has 4 heteroatoms. The Labute approximate surface area is 136 Å². The summed E-state index contributed by atoms with van der Waals surface area (Å²) in [4.78, 5) is 7.23. The number of aromatic nitrogens is 2. The van der Waals surface area contributed by atoms with Crippen LogP contribution in [0.15, 0.2) is 48.8 Å². The monoisotopic (exact) mass is 306 g/mol. The van der Waals surface area contributed by atoms with E-state index >= 15 is 0 Å². The summed E-state index contributed by atoms with van der Waals surface area (Å²) >= 11 is 0. The van der Waals surface area contributed by atoms with Crippen molar-refractivity contribution in [1.82, 2.24) is 14.7 Å². The van der Waals surface area contributed by atoms with Crippen LogP contribution >= 0.6 is 0 Å². The molecule has 0 unspecified atom stereocenters. The first kappa shape index (κ1) is 14.3. The highest BCUT2D eigenvalue weighted by atomic mass is 15.2. The molecule has 2 aromatic heterocycles. The van der Waals surface area contributed by atoms with E-state index < -0.39 is 0 Å². The van der Waals surface area contributed by atoms with Gasteiger partial charge in [-0.2, -0.15) is 0 Å². The molecule has 4 nitrogen and oxygen atoms in total. The summed E-state index contributed by atoms with van der Waals surface area (Å²) in [6.45, 7) is 6.35. The average Bonchev–Trinajstić information content (AvgIpc) is 2.99. The van der Waals surface area contributed by atoms with E-state index in [0.29, 0.717) is 0 Å². The summed E-state index contributed by atoms with van der Waals surface area (Å²) in [7, 11) is 0. The smallest absolute Gasteiger partial charge is 0.139 e. The molecule has 0 atom stereocenters. The van der Waals surface area contributed by atoms with E-state index in [9.17, 15) is 0 Å². The maximum Gasteiger partial charge on any atom is 0.139 e. The number of hydrogen-bond acceptors (Lipinski definition) is 3.